The summed E-state index contributed by atoms with van der Waals surface area (Å²) < 4.78 is 10.8. The van der Waals surface area contributed by atoms with Crippen LogP contribution in [0.2, 0.25) is 0 Å². The first-order chi connectivity index (χ1) is 4.81. The molecular weight excluding hydrogens is 144 g/mol. The van der Waals surface area contributed by atoms with E-state index in [1.807, 2.05) is 0 Å². The molecule has 0 rings (SSSR count). The van der Waals surface area contributed by atoms with Gasteiger partial charge in [0.2, 0.25) is 0 Å². The van der Waals surface area contributed by atoms with Gasteiger partial charge >= 0.3 is 0 Å². The molecule has 0 bridgehead atoms. The maximum atomic E-state index is 10.8. The van der Waals surface area contributed by atoms with Crippen molar-refractivity contribution < 1.29 is 4.55 Å². The van der Waals surface area contributed by atoms with Gasteiger partial charge in [-0.15, -0.1) is 0 Å². The van der Waals surface area contributed by atoms with Crippen LogP contribution in [0.4, 0.5) is 0 Å². The molecule has 0 saturated carbocycles. The minimum atomic E-state index is -0.642. The number of rotatable bonds is 6. The van der Waals surface area contributed by atoms with Crippen molar-refractivity contribution in [2.45, 2.75) is 32.6 Å². The van der Waals surface area contributed by atoms with Crippen molar-refractivity contribution >= 4 is 11.2 Å². The lowest BCUT2D eigenvalue weighted by Gasteiger charge is -2.06. The molecule has 61 valence electrons. The molecule has 0 heterocycles. The Balaban J connectivity index is 2.89. The molecule has 0 fully saturated rings. The van der Waals surface area contributed by atoms with E-state index in [2.05, 4.69) is 13.8 Å². The van der Waals surface area contributed by atoms with E-state index >= 15 is 0 Å². The van der Waals surface area contributed by atoms with Crippen LogP contribution >= 0.6 is 0 Å². The van der Waals surface area contributed by atoms with Crippen LogP contribution in [0.25, 0.3) is 0 Å². The normalized spacial score (nSPS) is 13.5. The summed E-state index contributed by atoms with van der Waals surface area (Å²) >= 11 is -0.642. The average molecular weight is 161 g/mol. The van der Waals surface area contributed by atoms with Gasteiger partial charge in [0.05, 0.1) is 0 Å². The zero-order valence-corrected chi connectivity index (χ0v) is 7.58. The Morgan fingerprint density at radius 2 is 2.00 bits per heavy atom. The number of unbranched alkanes of at least 4 members (excludes halogenated alkanes) is 3. The second-order valence-corrected chi connectivity index (χ2v) is 4.10. The lowest BCUT2D eigenvalue weighted by atomic mass is 10.2. The molecule has 0 aliphatic rings. The second-order valence-electron chi connectivity index (χ2n) is 2.41. The molecule has 10 heavy (non-hydrogen) atoms. The van der Waals surface area contributed by atoms with E-state index in [1.54, 1.807) is 0 Å². The molecule has 0 spiro atoms. The van der Waals surface area contributed by atoms with Crippen molar-refractivity contribution in [2.24, 2.45) is 0 Å². The molecule has 0 aromatic carbocycles. The van der Waals surface area contributed by atoms with E-state index in [-0.39, 0.29) is 0 Å². The first-order valence-corrected chi connectivity index (χ1v) is 5.44. The summed E-state index contributed by atoms with van der Waals surface area (Å²) in [4.78, 5) is 0. The summed E-state index contributed by atoms with van der Waals surface area (Å²) in [6, 6.07) is 0. The Hall–Kier alpha value is 0.310. The third kappa shape index (κ3) is 6.43. The molecule has 0 aliphatic carbocycles. The molecule has 1 unspecified atom stereocenters. The van der Waals surface area contributed by atoms with E-state index in [0.29, 0.717) is 5.75 Å². The van der Waals surface area contributed by atoms with Crippen molar-refractivity contribution in [1.82, 2.24) is 0 Å². The number of hydrogen-bond donors (Lipinski definition) is 0. The second kappa shape index (κ2) is 7.42. The number of hydrogen-bond acceptors (Lipinski definition) is 1. The molecule has 0 N–H and O–H groups in total. The predicted molar refractivity (Wildman–Crippen MR) is 47.4 cm³/mol. The Morgan fingerprint density at radius 1 is 1.30 bits per heavy atom. The molecule has 0 aromatic rings. The van der Waals surface area contributed by atoms with Crippen LogP contribution < -0.4 is 0 Å². The first-order valence-electron chi connectivity index (χ1n) is 3.95. The molecule has 0 amide bonds. The van der Waals surface area contributed by atoms with Gasteiger partial charge in [0.1, 0.15) is 11.5 Å². The standard InChI is InChI=1S/C8H17OS/c1-3-5-6-7-8-10(9)4-2/h2-8H2,1H3. The lowest BCUT2D eigenvalue weighted by Crippen LogP contribution is -2.08. The largest absolute Gasteiger partial charge is 0.616 e. The van der Waals surface area contributed by atoms with Crippen molar-refractivity contribution in [2.75, 3.05) is 11.5 Å². The van der Waals surface area contributed by atoms with Crippen LogP contribution in [0.15, 0.2) is 0 Å². The van der Waals surface area contributed by atoms with Crippen molar-refractivity contribution in [3.63, 3.8) is 0 Å². The highest BCUT2D eigenvalue weighted by molar-refractivity contribution is 7.91. The van der Waals surface area contributed by atoms with Crippen LogP contribution in [0.5, 0.6) is 0 Å². The monoisotopic (exact) mass is 161 g/mol. The Morgan fingerprint density at radius 3 is 2.50 bits per heavy atom. The van der Waals surface area contributed by atoms with E-state index < -0.39 is 11.2 Å². The quantitative estimate of drug-likeness (QED) is 0.432. The highest BCUT2D eigenvalue weighted by atomic mass is 32.2. The smallest absolute Gasteiger partial charge is 0.105 e. The molecule has 0 aromatic heterocycles. The highest BCUT2D eigenvalue weighted by Crippen LogP contribution is 2.01. The van der Waals surface area contributed by atoms with Gasteiger partial charge < -0.3 is 4.55 Å². The van der Waals surface area contributed by atoms with Crippen molar-refractivity contribution in [1.29, 1.82) is 0 Å². The molecule has 2 heteroatoms. The van der Waals surface area contributed by atoms with Gasteiger partial charge in [-0.25, -0.2) is 0 Å². The fourth-order valence-corrected chi connectivity index (χ4v) is 1.52. The third-order valence-electron chi connectivity index (χ3n) is 1.45. The van der Waals surface area contributed by atoms with Crippen LogP contribution in [-0.2, 0) is 11.2 Å². The van der Waals surface area contributed by atoms with Crippen molar-refractivity contribution in [3.8, 4) is 0 Å². The van der Waals surface area contributed by atoms with Crippen LogP contribution in [-0.4, -0.2) is 16.1 Å². The zero-order chi connectivity index (χ0) is 7.82. The Bertz CT molecular complexity index is 66.3. The SMILES string of the molecule is [CH2]C[S+]([O-])CCCCCC. The van der Waals surface area contributed by atoms with Crippen LogP contribution in [0, 0.1) is 6.92 Å². The fourth-order valence-electron chi connectivity index (χ4n) is 0.792. The van der Waals surface area contributed by atoms with E-state index in [0.717, 1.165) is 12.2 Å². The summed E-state index contributed by atoms with van der Waals surface area (Å²) in [7, 11) is 0. The third-order valence-corrected chi connectivity index (χ3v) is 2.65. The Labute approximate surface area is 67.4 Å². The molecular formula is C8H17OS. The van der Waals surface area contributed by atoms with Crippen molar-refractivity contribution in [3.05, 3.63) is 6.92 Å². The van der Waals surface area contributed by atoms with E-state index in [1.165, 1.54) is 19.3 Å². The van der Waals surface area contributed by atoms with Gasteiger partial charge in [-0.2, -0.15) is 0 Å². The highest BCUT2D eigenvalue weighted by Gasteiger charge is 1.99. The summed E-state index contributed by atoms with van der Waals surface area (Å²) in [6.07, 6.45) is 4.85. The zero-order valence-electron chi connectivity index (χ0n) is 6.77. The topological polar surface area (TPSA) is 23.1 Å². The molecule has 1 radical (unpaired) electrons. The minimum absolute atomic E-state index is 0.576. The van der Waals surface area contributed by atoms with Gasteiger partial charge in [0, 0.05) is 0 Å². The molecule has 1 atom stereocenters. The molecule has 0 aliphatic heterocycles. The fraction of sp³-hybridized carbons (Fsp3) is 0.875. The van der Waals surface area contributed by atoms with Gasteiger partial charge in [-0.05, 0) is 19.8 Å². The predicted octanol–water partition coefficient (Wildman–Crippen LogP) is 2.15. The maximum absolute atomic E-state index is 10.8. The van der Waals surface area contributed by atoms with E-state index in [4.69, 9.17) is 0 Å². The van der Waals surface area contributed by atoms with Gasteiger partial charge in [-0.1, -0.05) is 30.9 Å². The van der Waals surface area contributed by atoms with Gasteiger partial charge in [-0.3, -0.25) is 0 Å². The maximum Gasteiger partial charge on any atom is 0.105 e. The molecule has 1 nitrogen and oxygen atoms in total. The van der Waals surface area contributed by atoms with Crippen LogP contribution in [0.3, 0.4) is 0 Å². The van der Waals surface area contributed by atoms with Gasteiger partial charge in [0.15, 0.2) is 0 Å². The van der Waals surface area contributed by atoms with Gasteiger partial charge in [0.25, 0.3) is 0 Å². The summed E-state index contributed by atoms with van der Waals surface area (Å²) in [5, 5.41) is 0. The van der Waals surface area contributed by atoms with Crippen LogP contribution in [0.1, 0.15) is 32.6 Å². The summed E-state index contributed by atoms with van der Waals surface area (Å²) in [5.41, 5.74) is 0. The van der Waals surface area contributed by atoms with E-state index in [9.17, 15) is 4.55 Å². The Kier molecular flexibility index (Phi) is 7.65. The summed E-state index contributed by atoms with van der Waals surface area (Å²) in [6.45, 7) is 5.76. The first kappa shape index (κ1) is 10.3. The minimum Gasteiger partial charge on any atom is -0.616 e. The lowest BCUT2D eigenvalue weighted by molar-refractivity contribution is 0.591. The molecule has 0 saturated heterocycles. The average Bonchev–Trinajstić information content (AvgIpc) is 1.98. The summed E-state index contributed by atoms with van der Waals surface area (Å²) in [5.74, 6) is 1.43.